The van der Waals surface area contributed by atoms with Crippen LogP contribution in [0.15, 0.2) is 4.99 Å². The molecular weight excluding hydrogens is 341 g/mol. The largest absolute Gasteiger partial charge is 0.393 e. The molecular formula is C13H26IN3O. The Labute approximate surface area is 127 Å². The first kappa shape index (κ1) is 16.0. The van der Waals surface area contributed by atoms with E-state index < -0.39 is 0 Å². The van der Waals surface area contributed by atoms with Gasteiger partial charge in [-0.15, -0.1) is 24.0 Å². The van der Waals surface area contributed by atoms with Gasteiger partial charge in [0.1, 0.15) is 0 Å². The summed E-state index contributed by atoms with van der Waals surface area (Å²) in [5.41, 5.74) is 0. The quantitative estimate of drug-likeness (QED) is 0.403. The maximum Gasteiger partial charge on any atom is 0.190 e. The highest BCUT2D eigenvalue weighted by Crippen LogP contribution is 2.25. The van der Waals surface area contributed by atoms with Crippen molar-refractivity contribution >= 4 is 29.9 Å². The molecule has 3 N–H and O–H groups in total. The van der Waals surface area contributed by atoms with Crippen LogP contribution in [0.1, 0.15) is 38.5 Å². The molecule has 0 aromatic heterocycles. The second kappa shape index (κ2) is 8.19. The lowest BCUT2D eigenvalue weighted by molar-refractivity contribution is 0.134. The first-order valence-corrected chi connectivity index (χ1v) is 6.92. The minimum atomic E-state index is -0.118. The minimum Gasteiger partial charge on any atom is -0.393 e. The van der Waals surface area contributed by atoms with Crippen LogP contribution in [0.5, 0.6) is 0 Å². The molecule has 0 amide bonds. The summed E-state index contributed by atoms with van der Waals surface area (Å²) in [7, 11) is 1.81. The molecule has 2 rings (SSSR count). The van der Waals surface area contributed by atoms with Crippen LogP contribution < -0.4 is 10.6 Å². The second-order valence-corrected chi connectivity index (χ2v) is 5.39. The van der Waals surface area contributed by atoms with E-state index in [1.165, 1.54) is 19.3 Å². The predicted molar refractivity (Wildman–Crippen MR) is 85.5 cm³/mol. The third kappa shape index (κ3) is 4.57. The number of hydrogen-bond donors (Lipinski definition) is 3. The molecule has 2 atom stereocenters. The van der Waals surface area contributed by atoms with Crippen molar-refractivity contribution in [3.05, 3.63) is 0 Å². The molecule has 0 radical (unpaired) electrons. The Morgan fingerprint density at radius 2 is 1.78 bits per heavy atom. The molecule has 0 saturated heterocycles. The van der Waals surface area contributed by atoms with Gasteiger partial charge >= 0.3 is 0 Å². The molecule has 2 unspecified atom stereocenters. The SMILES string of the molecule is CN=C(NCC1CCC1)NCC1CCCC1O.I. The first-order chi connectivity index (χ1) is 8.29. The first-order valence-electron chi connectivity index (χ1n) is 6.92. The third-order valence-corrected chi connectivity index (χ3v) is 4.16. The van der Waals surface area contributed by atoms with Gasteiger partial charge in [0.25, 0.3) is 0 Å². The molecule has 0 bridgehead atoms. The van der Waals surface area contributed by atoms with Crippen LogP contribution in [0.3, 0.4) is 0 Å². The van der Waals surface area contributed by atoms with E-state index in [1.54, 1.807) is 7.05 Å². The van der Waals surface area contributed by atoms with E-state index >= 15 is 0 Å². The zero-order valence-electron chi connectivity index (χ0n) is 11.2. The lowest BCUT2D eigenvalue weighted by Gasteiger charge is -2.26. The molecule has 0 aliphatic heterocycles. The van der Waals surface area contributed by atoms with Crippen LogP contribution in [0.2, 0.25) is 0 Å². The summed E-state index contributed by atoms with van der Waals surface area (Å²) in [5, 5.41) is 16.4. The van der Waals surface area contributed by atoms with Gasteiger partial charge in [-0.3, -0.25) is 4.99 Å². The van der Waals surface area contributed by atoms with E-state index in [4.69, 9.17) is 0 Å². The van der Waals surface area contributed by atoms with E-state index in [9.17, 15) is 5.11 Å². The fourth-order valence-electron chi connectivity index (χ4n) is 2.64. The molecule has 18 heavy (non-hydrogen) atoms. The van der Waals surface area contributed by atoms with Crippen molar-refractivity contribution < 1.29 is 5.11 Å². The highest BCUT2D eigenvalue weighted by Gasteiger charge is 2.25. The fraction of sp³-hybridized carbons (Fsp3) is 0.923. The summed E-state index contributed by atoms with van der Waals surface area (Å²) in [6.45, 7) is 1.87. The van der Waals surface area contributed by atoms with E-state index in [-0.39, 0.29) is 30.1 Å². The molecule has 2 aliphatic rings. The predicted octanol–water partition coefficient (Wildman–Crippen LogP) is 1.73. The average molecular weight is 367 g/mol. The Morgan fingerprint density at radius 1 is 1.11 bits per heavy atom. The monoisotopic (exact) mass is 367 g/mol. The number of guanidine groups is 1. The van der Waals surface area contributed by atoms with Gasteiger partial charge in [0, 0.05) is 26.1 Å². The van der Waals surface area contributed by atoms with Crippen molar-refractivity contribution in [2.75, 3.05) is 20.1 Å². The number of rotatable bonds is 4. The van der Waals surface area contributed by atoms with Crippen molar-refractivity contribution in [1.82, 2.24) is 10.6 Å². The van der Waals surface area contributed by atoms with Crippen LogP contribution in [-0.2, 0) is 0 Å². The summed E-state index contributed by atoms with van der Waals surface area (Å²) in [5.74, 6) is 2.12. The normalized spacial score (nSPS) is 28.4. The Balaban J connectivity index is 0.00000162. The zero-order chi connectivity index (χ0) is 12.1. The van der Waals surface area contributed by atoms with Gasteiger partial charge in [-0.25, -0.2) is 0 Å². The van der Waals surface area contributed by atoms with Crippen molar-refractivity contribution in [1.29, 1.82) is 0 Å². The Bertz CT molecular complexity index is 269. The molecule has 106 valence electrons. The summed E-state index contributed by atoms with van der Waals surface area (Å²) >= 11 is 0. The van der Waals surface area contributed by atoms with E-state index in [2.05, 4.69) is 15.6 Å². The summed E-state index contributed by atoms with van der Waals surface area (Å²) in [6.07, 6.45) is 7.21. The van der Waals surface area contributed by atoms with Gasteiger partial charge in [0.05, 0.1) is 6.10 Å². The van der Waals surface area contributed by atoms with Gasteiger partial charge < -0.3 is 15.7 Å². The topological polar surface area (TPSA) is 56.7 Å². The summed E-state index contributed by atoms with van der Waals surface area (Å²) in [4.78, 5) is 4.22. The van der Waals surface area contributed by atoms with Gasteiger partial charge in [-0.05, 0) is 31.6 Å². The summed E-state index contributed by atoms with van der Waals surface area (Å²) in [6, 6.07) is 0. The van der Waals surface area contributed by atoms with Crippen LogP contribution in [-0.4, -0.2) is 37.3 Å². The lowest BCUT2D eigenvalue weighted by atomic mass is 9.85. The second-order valence-electron chi connectivity index (χ2n) is 5.39. The van der Waals surface area contributed by atoms with Crippen LogP contribution in [0, 0.1) is 11.8 Å². The summed E-state index contributed by atoms with van der Waals surface area (Å²) < 4.78 is 0. The molecule has 5 heteroatoms. The highest BCUT2D eigenvalue weighted by atomic mass is 127. The smallest absolute Gasteiger partial charge is 0.190 e. The number of aliphatic hydroxyl groups excluding tert-OH is 1. The molecule has 0 aromatic rings. The fourth-order valence-corrected chi connectivity index (χ4v) is 2.64. The van der Waals surface area contributed by atoms with E-state index in [0.717, 1.165) is 44.2 Å². The van der Waals surface area contributed by atoms with Crippen molar-refractivity contribution in [3.8, 4) is 0 Å². The lowest BCUT2D eigenvalue weighted by Crippen LogP contribution is -2.43. The van der Waals surface area contributed by atoms with Gasteiger partial charge in [-0.1, -0.05) is 12.8 Å². The molecule has 0 spiro atoms. The molecule has 2 saturated carbocycles. The van der Waals surface area contributed by atoms with E-state index in [0.29, 0.717) is 5.92 Å². The Hall–Kier alpha value is -0.0400. The zero-order valence-corrected chi connectivity index (χ0v) is 13.5. The van der Waals surface area contributed by atoms with Crippen molar-refractivity contribution in [2.24, 2.45) is 16.8 Å². The number of halogens is 1. The average Bonchev–Trinajstić information content (AvgIpc) is 2.67. The molecule has 2 fully saturated rings. The number of aliphatic imine (C=N–C) groups is 1. The maximum absolute atomic E-state index is 9.74. The Kier molecular flexibility index (Phi) is 7.29. The molecule has 4 nitrogen and oxygen atoms in total. The molecule has 2 aliphatic carbocycles. The third-order valence-electron chi connectivity index (χ3n) is 4.16. The standard InChI is InChI=1S/C13H25N3O.HI/c1-14-13(15-8-10-4-2-5-10)16-9-11-6-3-7-12(11)17;/h10-12,17H,2-9H2,1H3,(H2,14,15,16);1H. The van der Waals surface area contributed by atoms with E-state index in [1.807, 2.05) is 0 Å². The molecule has 0 heterocycles. The number of nitrogens with zero attached hydrogens (tertiary/aromatic N) is 1. The highest BCUT2D eigenvalue weighted by molar-refractivity contribution is 14.0. The van der Waals surface area contributed by atoms with Gasteiger partial charge in [0.2, 0.25) is 0 Å². The number of aliphatic hydroxyl groups is 1. The van der Waals surface area contributed by atoms with Gasteiger partial charge in [-0.2, -0.15) is 0 Å². The Morgan fingerprint density at radius 3 is 2.28 bits per heavy atom. The van der Waals surface area contributed by atoms with Crippen LogP contribution in [0.4, 0.5) is 0 Å². The minimum absolute atomic E-state index is 0. The van der Waals surface area contributed by atoms with Gasteiger partial charge in [0.15, 0.2) is 5.96 Å². The van der Waals surface area contributed by atoms with Crippen molar-refractivity contribution in [3.63, 3.8) is 0 Å². The van der Waals surface area contributed by atoms with Crippen molar-refractivity contribution in [2.45, 2.75) is 44.6 Å². The molecule has 0 aromatic carbocycles. The number of hydrogen-bond acceptors (Lipinski definition) is 2. The van der Waals surface area contributed by atoms with Crippen LogP contribution >= 0.6 is 24.0 Å². The van der Waals surface area contributed by atoms with Crippen LogP contribution in [0.25, 0.3) is 0 Å². The number of nitrogens with one attached hydrogen (secondary N) is 2. The maximum atomic E-state index is 9.74.